The van der Waals surface area contributed by atoms with Gasteiger partial charge in [-0.1, -0.05) is 55.5 Å². The van der Waals surface area contributed by atoms with E-state index in [0.717, 1.165) is 11.1 Å². The first-order chi connectivity index (χ1) is 10.6. The number of ether oxygens (including phenoxy) is 1. The van der Waals surface area contributed by atoms with Crippen molar-refractivity contribution in [2.75, 3.05) is 5.32 Å². The molecule has 1 N–H and O–H groups in total. The maximum atomic E-state index is 12.2. The third-order valence-electron chi connectivity index (χ3n) is 3.24. The van der Waals surface area contributed by atoms with Gasteiger partial charge in [-0.15, -0.1) is 0 Å². The highest BCUT2D eigenvalue weighted by Gasteiger charge is 2.18. The summed E-state index contributed by atoms with van der Waals surface area (Å²) in [6.45, 7) is 3.26. The number of nitrogens with one attached hydrogen (secondary N) is 1. The minimum Gasteiger partial charge on any atom is -0.453 e. The summed E-state index contributed by atoms with van der Waals surface area (Å²) < 4.78 is 5.03. The van der Waals surface area contributed by atoms with E-state index in [-0.39, 0.29) is 18.3 Å². The van der Waals surface area contributed by atoms with Gasteiger partial charge >= 0.3 is 5.97 Å². The smallest absolute Gasteiger partial charge is 0.306 e. The van der Waals surface area contributed by atoms with Crippen molar-refractivity contribution in [3.63, 3.8) is 0 Å². The molecule has 0 radical (unpaired) electrons. The van der Waals surface area contributed by atoms with Crippen LogP contribution in [0.5, 0.6) is 0 Å². The zero-order valence-corrected chi connectivity index (χ0v) is 12.7. The van der Waals surface area contributed by atoms with Crippen LogP contribution in [0.25, 0.3) is 11.1 Å². The molecule has 0 aliphatic rings. The Morgan fingerprint density at radius 2 is 1.68 bits per heavy atom. The number of para-hydroxylation sites is 1. The van der Waals surface area contributed by atoms with Gasteiger partial charge in [0.15, 0.2) is 6.10 Å². The average molecular weight is 297 g/mol. The normalized spacial score (nSPS) is 11.5. The zero-order chi connectivity index (χ0) is 15.9. The maximum Gasteiger partial charge on any atom is 0.306 e. The molecule has 2 rings (SSSR count). The van der Waals surface area contributed by atoms with Crippen molar-refractivity contribution in [3.8, 4) is 11.1 Å². The molecular formula is C18H19NO3. The molecule has 1 atom stereocenters. The molecule has 0 spiro atoms. The highest BCUT2D eigenvalue weighted by molar-refractivity contribution is 5.98. The number of carbonyl (C=O) groups is 2. The summed E-state index contributed by atoms with van der Waals surface area (Å²) >= 11 is 0. The Morgan fingerprint density at radius 1 is 1.05 bits per heavy atom. The first-order valence-corrected chi connectivity index (χ1v) is 7.26. The Morgan fingerprint density at radius 3 is 2.36 bits per heavy atom. The highest BCUT2D eigenvalue weighted by atomic mass is 16.5. The van der Waals surface area contributed by atoms with Crippen molar-refractivity contribution >= 4 is 17.6 Å². The minimum atomic E-state index is -0.823. The molecule has 1 amide bonds. The lowest BCUT2D eigenvalue weighted by atomic mass is 10.0. The molecule has 0 fully saturated rings. The molecule has 0 aromatic heterocycles. The third-order valence-corrected chi connectivity index (χ3v) is 3.24. The SMILES string of the molecule is CCC(=O)O[C@@H](C)C(=O)Nc1ccccc1-c1ccccc1. The molecule has 0 aliphatic carbocycles. The molecule has 0 unspecified atom stereocenters. The molecule has 114 valence electrons. The molecule has 0 saturated heterocycles. The molecular weight excluding hydrogens is 278 g/mol. The number of amides is 1. The fourth-order valence-corrected chi connectivity index (χ4v) is 2.03. The number of hydrogen-bond acceptors (Lipinski definition) is 3. The van der Waals surface area contributed by atoms with Gasteiger partial charge in [-0.2, -0.15) is 0 Å². The van der Waals surface area contributed by atoms with Crippen LogP contribution in [0.2, 0.25) is 0 Å². The lowest BCUT2D eigenvalue weighted by molar-refractivity contribution is -0.152. The lowest BCUT2D eigenvalue weighted by Crippen LogP contribution is -2.29. The van der Waals surface area contributed by atoms with Crippen molar-refractivity contribution < 1.29 is 14.3 Å². The van der Waals surface area contributed by atoms with E-state index in [1.165, 1.54) is 0 Å². The summed E-state index contributed by atoms with van der Waals surface area (Å²) in [5.41, 5.74) is 2.63. The van der Waals surface area contributed by atoms with Crippen LogP contribution in [0.1, 0.15) is 20.3 Å². The quantitative estimate of drug-likeness (QED) is 0.857. The van der Waals surface area contributed by atoms with Crippen molar-refractivity contribution in [1.82, 2.24) is 0 Å². The van der Waals surface area contributed by atoms with E-state index in [1.54, 1.807) is 13.8 Å². The molecule has 2 aromatic rings. The van der Waals surface area contributed by atoms with Gasteiger partial charge in [-0.05, 0) is 18.6 Å². The largest absolute Gasteiger partial charge is 0.453 e. The topological polar surface area (TPSA) is 55.4 Å². The van der Waals surface area contributed by atoms with Gasteiger partial charge in [-0.3, -0.25) is 9.59 Å². The van der Waals surface area contributed by atoms with Crippen molar-refractivity contribution in [2.45, 2.75) is 26.4 Å². The van der Waals surface area contributed by atoms with E-state index in [1.807, 2.05) is 54.6 Å². The van der Waals surface area contributed by atoms with Crippen molar-refractivity contribution in [3.05, 3.63) is 54.6 Å². The van der Waals surface area contributed by atoms with Gasteiger partial charge in [0.1, 0.15) is 0 Å². The van der Waals surface area contributed by atoms with Crippen molar-refractivity contribution in [2.24, 2.45) is 0 Å². The summed E-state index contributed by atoms with van der Waals surface area (Å²) in [4.78, 5) is 23.4. The number of hydrogen-bond donors (Lipinski definition) is 1. The van der Waals surface area contributed by atoms with Crippen LogP contribution in [0.4, 0.5) is 5.69 Å². The van der Waals surface area contributed by atoms with Gasteiger partial charge in [0.2, 0.25) is 0 Å². The van der Waals surface area contributed by atoms with Gasteiger partial charge in [-0.25, -0.2) is 0 Å². The molecule has 22 heavy (non-hydrogen) atoms. The minimum absolute atomic E-state index is 0.248. The number of rotatable bonds is 5. The molecule has 4 heteroatoms. The van der Waals surface area contributed by atoms with Crippen LogP contribution in [0.3, 0.4) is 0 Å². The summed E-state index contributed by atoms with van der Waals surface area (Å²) in [6.07, 6.45) is -0.575. The van der Waals surface area contributed by atoms with Gasteiger partial charge in [0.25, 0.3) is 5.91 Å². The zero-order valence-electron chi connectivity index (χ0n) is 12.7. The van der Waals surface area contributed by atoms with E-state index < -0.39 is 6.10 Å². The van der Waals surface area contributed by atoms with E-state index in [0.29, 0.717) is 5.69 Å². The first-order valence-electron chi connectivity index (χ1n) is 7.26. The van der Waals surface area contributed by atoms with Crippen LogP contribution in [0.15, 0.2) is 54.6 Å². The summed E-state index contributed by atoms with van der Waals surface area (Å²) in [5.74, 6) is -0.732. The highest BCUT2D eigenvalue weighted by Crippen LogP contribution is 2.27. The molecule has 0 aliphatic heterocycles. The summed E-state index contributed by atoms with van der Waals surface area (Å²) in [6, 6.07) is 17.3. The second kappa shape index (κ2) is 7.41. The van der Waals surface area contributed by atoms with Gasteiger partial charge < -0.3 is 10.1 Å². The van der Waals surface area contributed by atoms with E-state index in [2.05, 4.69) is 5.32 Å². The predicted octanol–water partition coefficient (Wildman–Crippen LogP) is 3.63. The fourth-order valence-electron chi connectivity index (χ4n) is 2.03. The Balaban J connectivity index is 2.17. The average Bonchev–Trinajstić information content (AvgIpc) is 2.56. The maximum absolute atomic E-state index is 12.2. The first kappa shape index (κ1) is 15.8. The Hall–Kier alpha value is -2.62. The standard InChI is InChI=1S/C18H19NO3/c1-3-17(20)22-13(2)18(21)19-16-12-8-7-11-15(16)14-9-5-4-6-10-14/h4-13H,3H2,1-2H3,(H,19,21)/t13-/m0/s1. The summed E-state index contributed by atoms with van der Waals surface area (Å²) in [7, 11) is 0. The van der Waals surface area contributed by atoms with Crippen LogP contribution in [-0.2, 0) is 14.3 Å². The van der Waals surface area contributed by atoms with E-state index in [4.69, 9.17) is 4.74 Å². The molecule has 0 heterocycles. The fraction of sp³-hybridized carbons (Fsp3) is 0.222. The summed E-state index contributed by atoms with van der Waals surface area (Å²) in [5, 5.41) is 2.82. The van der Waals surface area contributed by atoms with Crippen LogP contribution in [-0.4, -0.2) is 18.0 Å². The van der Waals surface area contributed by atoms with Gasteiger partial charge in [0.05, 0.1) is 0 Å². The Bertz CT molecular complexity index is 652. The molecule has 0 saturated carbocycles. The Kier molecular flexibility index (Phi) is 5.31. The number of anilines is 1. The molecule has 0 bridgehead atoms. The van der Waals surface area contributed by atoms with Gasteiger partial charge in [0, 0.05) is 17.7 Å². The van der Waals surface area contributed by atoms with E-state index in [9.17, 15) is 9.59 Å². The van der Waals surface area contributed by atoms with E-state index >= 15 is 0 Å². The van der Waals surface area contributed by atoms with Crippen molar-refractivity contribution in [1.29, 1.82) is 0 Å². The number of benzene rings is 2. The lowest BCUT2D eigenvalue weighted by Gasteiger charge is -2.15. The van der Waals surface area contributed by atoms with Crippen LogP contribution in [0, 0.1) is 0 Å². The molecule has 2 aromatic carbocycles. The Labute approximate surface area is 130 Å². The van der Waals surface area contributed by atoms with Crippen LogP contribution >= 0.6 is 0 Å². The number of carbonyl (C=O) groups excluding carboxylic acids is 2. The third kappa shape index (κ3) is 3.95. The molecule has 4 nitrogen and oxygen atoms in total. The van der Waals surface area contributed by atoms with Crippen LogP contribution < -0.4 is 5.32 Å². The second-order valence-corrected chi connectivity index (χ2v) is 4.89. The predicted molar refractivity (Wildman–Crippen MR) is 86.4 cm³/mol. The number of esters is 1. The monoisotopic (exact) mass is 297 g/mol. The second-order valence-electron chi connectivity index (χ2n) is 4.89.